The smallest absolute Gasteiger partial charge is 0.107 e. The van der Waals surface area contributed by atoms with Gasteiger partial charge in [0.1, 0.15) is 5.54 Å². The lowest BCUT2D eigenvalue weighted by Gasteiger charge is -2.21. The highest BCUT2D eigenvalue weighted by molar-refractivity contribution is 8.00. The Labute approximate surface area is 118 Å². The van der Waals surface area contributed by atoms with Gasteiger partial charge in [-0.1, -0.05) is 24.6 Å². The first-order chi connectivity index (χ1) is 8.67. The van der Waals surface area contributed by atoms with Crippen LogP contribution in [0.5, 0.6) is 0 Å². The Hall–Kier alpha value is -0.690. The molecule has 0 aliphatic heterocycles. The van der Waals surface area contributed by atoms with Gasteiger partial charge in [0, 0.05) is 15.2 Å². The van der Waals surface area contributed by atoms with E-state index < -0.39 is 0 Å². The lowest BCUT2D eigenvalue weighted by molar-refractivity contribution is 0.436. The van der Waals surface area contributed by atoms with Gasteiger partial charge in [-0.05, 0) is 44.0 Å². The quantitative estimate of drug-likeness (QED) is 0.910. The number of nitriles is 1. The van der Waals surface area contributed by atoms with Crippen LogP contribution in [0, 0.1) is 11.3 Å². The van der Waals surface area contributed by atoms with Crippen LogP contribution in [0.2, 0.25) is 5.02 Å². The van der Waals surface area contributed by atoms with E-state index >= 15 is 0 Å². The fourth-order valence-electron chi connectivity index (χ4n) is 2.47. The van der Waals surface area contributed by atoms with Crippen LogP contribution in [0.15, 0.2) is 29.2 Å². The van der Waals surface area contributed by atoms with E-state index in [1.54, 1.807) is 0 Å². The van der Waals surface area contributed by atoms with Crippen molar-refractivity contribution in [2.75, 3.05) is 6.54 Å². The maximum Gasteiger partial charge on any atom is 0.107 e. The molecule has 2 unspecified atom stereocenters. The lowest BCUT2D eigenvalue weighted by Crippen LogP contribution is -2.41. The molecule has 96 valence electrons. The molecule has 1 saturated carbocycles. The normalized spacial score (nSPS) is 27.1. The molecule has 1 fully saturated rings. The van der Waals surface area contributed by atoms with Gasteiger partial charge >= 0.3 is 0 Å². The van der Waals surface area contributed by atoms with Crippen LogP contribution >= 0.6 is 23.4 Å². The molecule has 1 aromatic rings. The topological polar surface area (TPSA) is 35.8 Å². The summed E-state index contributed by atoms with van der Waals surface area (Å²) in [4.78, 5) is 1.19. The maximum absolute atomic E-state index is 9.33. The summed E-state index contributed by atoms with van der Waals surface area (Å²) in [5, 5.41) is 13.9. The van der Waals surface area contributed by atoms with Gasteiger partial charge in [0.2, 0.25) is 0 Å². The van der Waals surface area contributed by atoms with E-state index in [1.807, 2.05) is 30.0 Å². The molecule has 2 rings (SSSR count). The Balaban J connectivity index is 1.99. The SMILES string of the molecule is CCNC1(C#N)CCC(Sc2cccc(Cl)c2)C1. The summed E-state index contributed by atoms with van der Waals surface area (Å²) in [7, 11) is 0. The van der Waals surface area contributed by atoms with Crippen molar-refractivity contribution in [1.29, 1.82) is 5.26 Å². The minimum atomic E-state index is -0.314. The molecular formula is C14H17ClN2S. The summed E-state index contributed by atoms with van der Waals surface area (Å²) in [6.45, 7) is 2.90. The molecule has 1 aliphatic rings. The van der Waals surface area contributed by atoms with Crippen LogP contribution in [0.4, 0.5) is 0 Å². The third kappa shape index (κ3) is 3.20. The van der Waals surface area contributed by atoms with Gasteiger partial charge in [0.05, 0.1) is 6.07 Å². The monoisotopic (exact) mass is 280 g/mol. The maximum atomic E-state index is 9.33. The second-order valence-corrected chi connectivity index (χ2v) is 6.47. The number of thioether (sulfide) groups is 1. The van der Waals surface area contributed by atoms with Crippen molar-refractivity contribution in [2.45, 2.75) is 41.9 Å². The third-order valence-corrected chi connectivity index (χ3v) is 4.79. The molecule has 0 radical (unpaired) electrons. The van der Waals surface area contributed by atoms with Gasteiger partial charge in [0.15, 0.2) is 0 Å². The zero-order valence-corrected chi connectivity index (χ0v) is 12.0. The molecule has 0 amide bonds. The predicted octanol–water partition coefficient (Wildman–Crippen LogP) is 3.86. The van der Waals surface area contributed by atoms with Crippen LogP contribution in [0.1, 0.15) is 26.2 Å². The number of nitrogens with one attached hydrogen (secondary N) is 1. The molecule has 1 N–H and O–H groups in total. The Morgan fingerprint density at radius 2 is 2.44 bits per heavy atom. The number of hydrogen-bond acceptors (Lipinski definition) is 3. The van der Waals surface area contributed by atoms with Gasteiger partial charge in [-0.2, -0.15) is 5.26 Å². The predicted molar refractivity (Wildman–Crippen MR) is 77.0 cm³/mol. The number of hydrogen-bond donors (Lipinski definition) is 1. The molecule has 2 atom stereocenters. The van der Waals surface area contributed by atoms with Crippen LogP contribution in [-0.2, 0) is 0 Å². The van der Waals surface area contributed by atoms with Crippen molar-refractivity contribution in [3.05, 3.63) is 29.3 Å². The summed E-state index contributed by atoms with van der Waals surface area (Å²) in [6, 6.07) is 10.4. The van der Waals surface area contributed by atoms with Crippen molar-refractivity contribution in [1.82, 2.24) is 5.32 Å². The Kier molecular flexibility index (Phi) is 4.55. The number of rotatable bonds is 4. The summed E-state index contributed by atoms with van der Waals surface area (Å²) < 4.78 is 0. The van der Waals surface area contributed by atoms with Gasteiger partial charge in [-0.25, -0.2) is 0 Å². The van der Waals surface area contributed by atoms with Crippen molar-refractivity contribution in [3.63, 3.8) is 0 Å². The van der Waals surface area contributed by atoms with Crippen molar-refractivity contribution in [2.24, 2.45) is 0 Å². The first-order valence-electron chi connectivity index (χ1n) is 6.26. The molecule has 0 spiro atoms. The van der Waals surface area contributed by atoms with Gasteiger partial charge in [-0.3, -0.25) is 5.32 Å². The molecule has 0 aromatic heterocycles. The first kappa shape index (κ1) is 13.7. The second-order valence-electron chi connectivity index (χ2n) is 4.66. The van der Waals surface area contributed by atoms with E-state index in [2.05, 4.69) is 24.4 Å². The Morgan fingerprint density at radius 1 is 1.61 bits per heavy atom. The highest BCUT2D eigenvalue weighted by atomic mass is 35.5. The number of halogens is 1. The molecule has 0 bridgehead atoms. The highest BCUT2D eigenvalue weighted by Gasteiger charge is 2.39. The average Bonchev–Trinajstić information content (AvgIpc) is 2.74. The van der Waals surface area contributed by atoms with Crippen molar-refractivity contribution < 1.29 is 0 Å². The molecule has 18 heavy (non-hydrogen) atoms. The molecule has 0 heterocycles. The van der Waals surface area contributed by atoms with E-state index in [0.717, 1.165) is 30.8 Å². The zero-order valence-electron chi connectivity index (χ0n) is 10.4. The van der Waals surface area contributed by atoms with Crippen LogP contribution < -0.4 is 5.32 Å². The van der Waals surface area contributed by atoms with Crippen molar-refractivity contribution >= 4 is 23.4 Å². The summed E-state index contributed by atoms with van der Waals surface area (Å²) in [5.41, 5.74) is -0.314. The van der Waals surface area contributed by atoms with Crippen molar-refractivity contribution in [3.8, 4) is 6.07 Å². The summed E-state index contributed by atoms with van der Waals surface area (Å²) in [5.74, 6) is 0. The number of benzene rings is 1. The molecule has 1 aliphatic carbocycles. The average molecular weight is 281 g/mol. The molecule has 0 saturated heterocycles. The third-order valence-electron chi connectivity index (χ3n) is 3.30. The standard InChI is InChI=1S/C14H17ClN2S/c1-2-17-14(10-16)7-6-13(9-14)18-12-5-3-4-11(15)8-12/h3-5,8,13,17H,2,6-7,9H2,1H3. The number of nitrogens with zero attached hydrogens (tertiary/aromatic N) is 1. The first-order valence-corrected chi connectivity index (χ1v) is 7.52. The van der Waals surface area contributed by atoms with Gasteiger partial charge in [0.25, 0.3) is 0 Å². The van der Waals surface area contributed by atoms with Crippen LogP contribution in [-0.4, -0.2) is 17.3 Å². The van der Waals surface area contributed by atoms with Gasteiger partial charge in [-0.15, -0.1) is 11.8 Å². The minimum Gasteiger partial charge on any atom is -0.300 e. The Morgan fingerprint density at radius 3 is 3.11 bits per heavy atom. The molecule has 1 aromatic carbocycles. The fraction of sp³-hybridized carbons (Fsp3) is 0.500. The second kappa shape index (κ2) is 5.97. The van der Waals surface area contributed by atoms with Gasteiger partial charge < -0.3 is 0 Å². The van der Waals surface area contributed by atoms with E-state index in [-0.39, 0.29) is 5.54 Å². The van der Waals surface area contributed by atoms with E-state index in [1.165, 1.54) is 4.90 Å². The summed E-state index contributed by atoms with van der Waals surface area (Å²) >= 11 is 7.82. The van der Waals surface area contributed by atoms with Crippen LogP contribution in [0.25, 0.3) is 0 Å². The van der Waals surface area contributed by atoms with E-state index in [9.17, 15) is 5.26 Å². The highest BCUT2D eigenvalue weighted by Crippen LogP contribution is 2.40. The molecule has 2 nitrogen and oxygen atoms in total. The Bertz CT molecular complexity index is 457. The summed E-state index contributed by atoms with van der Waals surface area (Å²) in [6.07, 6.45) is 2.93. The lowest BCUT2D eigenvalue weighted by atomic mass is 10.0. The molecular weight excluding hydrogens is 264 g/mol. The largest absolute Gasteiger partial charge is 0.300 e. The zero-order chi connectivity index (χ0) is 13.0. The van der Waals surface area contributed by atoms with E-state index in [4.69, 9.17) is 11.6 Å². The fourth-order valence-corrected chi connectivity index (χ4v) is 4.07. The molecule has 4 heteroatoms. The van der Waals surface area contributed by atoms with E-state index in [0.29, 0.717) is 5.25 Å². The minimum absolute atomic E-state index is 0.314. The van der Waals surface area contributed by atoms with Crippen LogP contribution in [0.3, 0.4) is 0 Å².